The highest BCUT2D eigenvalue weighted by Crippen LogP contribution is 2.28. The third-order valence-corrected chi connectivity index (χ3v) is 2.56. The van der Waals surface area contributed by atoms with Crippen LogP contribution >= 0.6 is 0 Å². The zero-order chi connectivity index (χ0) is 15.4. The number of aromatic carboxylic acids is 1. The quantitative estimate of drug-likeness (QED) is 0.872. The Bertz CT molecular complexity index is 745. The van der Waals surface area contributed by atoms with Gasteiger partial charge in [0.2, 0.25) is 5.76 Å². The van der Waals surface area contributed by atoms with Gasteiger partial charge in [-0.1, -0.05) is 11.2 Å². The Labute approximate surface area is 118 Å². The van der Waals surface area contributed by atoms with Gasteiger partial charge in [-0.2, -0.15) is 5.26 Å². The molecule has 8 nitrogen and oxygen atoms in total. The van der Waals surface area contributed by atoms with Crippen LogP contribution in [0.25, 0.3) is 0 Å². The van der Waals surface area contributed by atoms with Gasteiger partial charge in [-0.05, 0) is 12.1 Å². The SMILES string of the molecule is COc1cccc(C#N)c1NC(=O)c1cc(C(=O)O)on1. The number of benzene rings is 1. The van der Waals surface area contributed by atoms with E-state index in [1.807, 2.05) is 6.07 Å². The van der Waals surface area contributed by atoms with E-state index in [1.54, 1.807) is 12.1 Å². The fraction of sp³-hybridized carbons (Fsp3) is 0.0769. The van der Waals surface area contributed by atoms with Gasteiger partial charge in [-0.3, -0.25) is 4.79 Å². The topological polar surface area (TPSA) is 125 Å². The lowest BCUT2D eigenvalue weighted by Gasteiger charge is -2.10. The molecule has 21 heavy (non-hydrogen) atoms. The number of anilines is 1. The molecule has 0 aliphatic rings. The number of carbonyl (C=O) groups is 2. The molecule has 0 saturated carbocycles. The number of carbonyl (C=O) groups excluding carboxylic acids is 1. The summed E-state index contributed by atoms with van der Waals surface area (Å²) in [6, 6.07) is 7.58. The molecule has 2 N–H and O–H groups in total. The molecule has 0 spiro atoms. The molecule has 1 amide bonds. The summed E-state index contributed by atoms with van der Waals surface area (Å²) in [6.07, 6.45) is 0. The number of hydrogen-bond acceptors (Lipinski definition) is 6. The van der Waals surface area contributed by atoms with Crippen LogP contribution in [0.4, 0.5) is 5.69 Å². The van der Waals surface area contributed by atoms with Gasteiger partial charge in [-0.15, -0.1) is 0 Å². The highest BCUT2D eigenvalue weighted by atomic mass is 16.5. The Balaban J connectivity index is 2.31. The predicted molar refractivity (Wildman–Crippen MR) is 69.1 cm³/mol. The molecule has 8 heteroatoms. The first-order valence-electron chi connectivity index (χ1n) is 5.65. The average molecular weight is 287 g/mol. The molecule has 1 heterocycles. The molecule has 2 rings (SSSR count). The molecular weight excluding hydrogens is 278 g/mol. The van der Waals surface area contributed by atoms with Crippen molar-refractivity contribution in [3.8, 4) is 11.8 Å². The molecule has 0 atom stereocenters. The van der Waals surface area contributed by atoms with Crippen molar-refractivity contribution in [2.75, 3.05) is 12.4 Å². The lowest BCUT2D eigenvalue weighted by Crippen LogP contribution is -2.14. The Morgan fingerprint density at radius 3 is 2.81 bits per heavy atom. The first-order chi connectivity index (χ1) is 10.1. The zero-order valence-electron chi connectivity index (χ0n) is 10.8. The molecular formula is C13H9N3O5. The van der Waals surface area contributed by atoms with Crippen LogP contribution in [-0.2, 0) is 0 Å². The Hall–Kier alpha value is -3.34. The van der Waals surface area contributed by atoms with E-state index in [0.29, 0.717) is 5.75 Å². The summed E-state index contributed by atoms with van der Waals surface area (Å²) in [7, 11) is 1.39. The summed E-state index contributed by atoms with van der Waals surface area (Å²) in [6.45, 7) is 0. The molecule has 0 saturated heterocycles. The zero-order valence-corrected chi connectivity index (χ0v) is 10.8. The van der Waals surface area contributed by atoms with Gasteiger partial charge in [-0.25, -0.2) is 4.79 Å². The van der Waals surface area contributed by atoms with Gasteiger partial charge in [0.25, 0.3) is 5.91 Å². The van der Waals surface area contributed by atoms with E-state index in [-0.39, 0.29) is 16.9 Å². The lowest BCUT2D eigenvalue weighted by molar-refractivity contribution is 0.0651. The minimum atomic E-state index is -1.34. The van der Waals surface area contributed by atoms with Crippen LogP contribution in [0.5, 0.6) is 5.75 Å². The largest absolute Gasteiger partial charge is 0.495 e. The van der Waals surface area contributed by atoms with Crippen LogP contribution in [0.2, 0.25) is 0 Å². The van der Waals surface area contributed by atoms with Crippen LogP contribution in [0, 0.1) is 11.3 Å². The molecule has 1 aromatic heterocycles. The molecule has 2 aromatic rings. The molecule has 106 valence electrons. The number of nitrogens with one attached hydrogen (secondary N) is 1. The van der Waals surface area contributed by atoms with Crippen molar-refractivity contribution in [3.63, 3.8) is 0 Å². The van der Waals surface area contributed by atoms with Gasteiger partial charge in [0.15, 0.2) is 5.69 Å². The second kappa shape index (κ2) is 5.75. The van der Waals surface area contributed by atoms with E-state index in [0.717, 1.165) is 6.07 Å². The number of amides is 1. The highest BCUT2D eigenvalue weighted by molar-refractivity contribution is 6.05. The minimum absolute atomic E-state index is 0.173. The third kappa shape index (κ3) is 2.82. The fourth-order valence-corrected chi connectivity index (χ4v) is 1.58. The van der Waals surface area contributed by atoms with Crippen LogP contribution in [0.1, 0.15) is 26.6 Å². The van der Waals surface area contributed by atoms with Crippen molar-refractivity contribution in [3.05, 3.63) is 41.3 Å². The number of para-hydroxylation sites is 1. The maximum Gasteiger partial charge on any atom is 0.374 e. The van der Waals surface area contributed by atoms with E-state index in [4.69, 9.17) is 15.1 Å². The highest BCUT2D eigenvalue weighted by Gasteiger charge is 2.19. The number of carboxylic acid groups (broad SMARTS) is 1. The van der Waals surface area contributed by atoms with Crippen LogP contribution in [0.3, 0.4) is 0 Å². The van der Waals surface area contributed by atoms with E-state index in [1.165, 1.54) is 13.2 Å². The first-order valence-corrected chi connectivity index (χ1v) is 5.65. The summed E-state index contributed by atoms with van der Waals surface area (Å²) in [5.41, 5.74) is 0.152. The Morgan fingerprint density at radius 2 is 2.24 bits per heavy atom. The average Bonchev–Trinajstić information content (AvgIpc) is 2.97. The number of aromatic nitrogens is 1. The van der Waals surface area contributed by atoms with Crippen molar-refractivity contribution >= 4 is 17.6 Å². The number of hydrogen-bond donors (Lipinski definition) is 2. The lowest BCUT2D eigenvalue weighted by atomic mass is 10.1. The summed E-state index contributed by atoms with van der Waals surface area (Å²) >= 11 is 0. The third-order valence-electron chi connectivity index (χ3n) is 2.56. The van der Waals surface area contributed by atoms with E-state index in [2.05, 4.69) is 15.0 Å². The standard InChI is InChI=1S/C13H9N3O5/c1-20-9-4-2-3-7(6-14)11(9)15-12(17)8-5-10(13(18)19)21-16-8/h2-5H,1H3,(H,15,17)(H,18,19). The van der Waals surface area contributed by atoms with Crippen molar-refractivity contribution in [1.82, 2.24) is 5.16 Å². The van der Waals surface area contributed by atoms with Gasteiger partial charge >= 0.3 is 5.97 Å². The molecule has 0 aliphatic carbocycles. The first kappa shape index (κ1) is 14.1. The Morgan fingerprint density at radius 1 is 1.48 bits per heavy atom. The van der Waals surface area contributed by atoms with Gasteiger partial charge in [0.1, 0.15) is 17.5 Å². The van der Waals surface area contributed by atoms with Crippen molar-refractivity contribution in [1.29, 1.82) is 5.26 Å². The molecule has 1 aromatic carbocycles. The normalized spacial score (nSPS) is 9.71. The predicted octanol–water partition coefficient (Wildman–Crippen LogP) is 1.51. The molecule has 0 unspecified atom stereocenters. The van der Waals surface area contributed by atoms with Crippen molar-refractivity contribution in [2.45, 2.75) is 0 Å². The number of nitrogens with zero attached hydrogens (tertiary/aromatic N) is 2. The summed E-state index contributed by atoms with van der Waals surface area (Å²) in [5.74, 6) is -2.21. The summed E-state index contributed by atoms with van der Waals surface area (Å²) in [5, 5.41) is 23.5. The van der Waals surface area contributed by atoms with Crippen molar-refractivity contribution in [2.24, 2.45) is 0 Å². The number of nitriles is 1. The van der Waals surface area contributed by atoms with Crippen LogP contribution < -0.4 is 10.1 Å². The molecule has 0 bridgehead atoms. The van der Waals surface area contributed by atoms with Gasteiger partial charge < -0.3 is 19.7 Å². The van der Waals surface area contributed by atoms with Crippen LogP contribution in [0.15, 0.2) is 28.8 Å². The summed E-state index contributed by atoms with van der Waals surface area (Å²) < 4.78 is 9.56. The fourth-order valence-electron chi connectivity index (χ4n) is 1.58. The molecule has 0 radical (unpaired) electrons. The number of rotatable bonds is 4. The second-order valence-electron chi connectivity index (χ2n) is 3.83. The number of methoxy groups -OCH3 is 1. The maximum atomic E-state index is 12.0. The van der Waals surface area contributed by atoms with Crippen molar-refractivity contribution < 1.29 is 24.0 Å². The second-order valence-corrected chi connectivity index (χ2v) is 3.83. The minimum Gasteiger partial charge on any atom is -0.495 e. The van der Waals surface area contributed by atoms with Gasteiger partial charge in [0.05, 0.1) is 12.7 Å². The maximum absolute atomic E-state index is 12.0. The Kier molecular flexibility index (Phi) is 3.85. The molecule has 0 aliphatic heterocycles. The molecule has 0 fully saturated rings. The number of ether oxygens (including phenoxy) is 1. The monoisotopic (exact) mass is 287 g/mol. The summed E-state index contributed by atoms with van der Waals surface area (Å²) in [4.78, 5) is 22.7. The number of carboxylic acids is 1. The van der Waals surface area contributed by atoms with Crippen LogP contribution in [-0.4, -0.2) is 29.2 Å². The van der Waals surface area contributed by atoms with Gasteiger partial charge in [0, 0.05) is 6.07 Å². The van der Waals surface area contributed by atoms with E-state index >= 15 is 0 Å². The smallest absolute Gasteiger partial charge is 0.374 e. The van der Waals surface area contributed by atoms with E-state index < -0.39 is 17.6 Å². The van der Waals surface area contributed by atoms with E-state index in [9.17, 15) is 9.59 Å².